The summed E-state index contributed by atoms with van der Waals surface area (Å²) >= 11 is 0. The molecule has 76 valence electrons. The minimum Gasteiger partial charge on any atom is -0.492 e. The fourth-order valence-corrected chi connectivity index (χ4v) is 1.08. The molecule has 0 aliphatic heterocycles. The number of carbonyl (C=O) groups excluding carboxylic acids is 1. The van der Waals surface area contributed by atoms with Crippen LogP contribution in [0.25, 0.3) is 0 Å². The molecular weight excluding hydrogens is 180 g/mol. The van der Waals surface area contributed by atoms with Crippen molar-refractivity contribution in [2.75, 3.05) is 18.5 Å². The monoisotopic (exact) mass is 194 g/mol. The summed E-state index contributed by atoms with van der Waals surface area (Å²) < 4.78 is 5.35. The highest BCUT2D eigenvalue weighted by Gasteiger charge is 2.01. The summed E-state index contributed by atoms with van der Waals surface area (Å²) in [6.07, 6.45) is 0. The first-order chi connectivity index (χ1) is 6.74. The Labute approximate surface area is 83.1 Å². The zero-order chi connectivity index (χ0) is 10.4. The van der Waals surface area contributed by atoms with Crippen molar-refractivity contribution in [2.24, 2.45) is 5.73 Å². The summed E-state index contributed by atoms with van der Waals surface area (Å²) in [4.78, 5) is 10.6. The first kappa shape index (κ1) is 10.4. The highest BCUT2D eigenvalue weighted by atomic mass is 16.5. The van der Waals surface area contributed by atoms with Crippen molar-refractivity contribution in [3.63, 3.8) is 0 Å². The predicted molar refractivity (Wildman–Crippen MR) is 55.3 cm³/mol. The number of rotatable bonds is 5. The fourth-order valence-electron chi connectivity index (χ4n) is 1.08. The normalized spacial score (nSPS) is 9.50. The Hall–Kier alpha value is -1.71. The quantitative estimate of drug-likeness (QED) is 0.734. The van der Waals surface area contributed by atoms with Crippen LogP contribution in [0.15, 0.2) is 24.3 Å². The van der Waals surface area contributed by atoms with E-state index in [2.05, 4.69) is 5.32 Å². The van der Waals surface area contributed by atoms with E-state index in [0.717, 1.165) is 11.4 Å². The fraction of sp³-hybridized carbons (Fsp3) is 0.300. The average molecular weight is 194 g/mol. The van der Waals surface area contributed by atoms with E-state index in [1.165, 1.54) is 0 Å². The molecule has 0 unspecified atom stereocenters. The number of ether oxygens (including phenoxy) is 1. The lowest BCUT2D eigenvalue weighted by molar-refractivity contribution is -0.116. The second-order valence-corrected chi connectivity index (χ2v) is 2.75. The lowest BCUT2D eigenvalue weighted by Crippen LogP contribution is -2.22. The van der Waals surface area contributed by atoms with Gasteiger partial charge >= 0.3 is 0 Å². The van der Waals surface area contributed by atoms with E-state index in [1.54, 1.807) is 0 Å². The van der Waals surface area contributed by atoms with Gasteiger partial charge in [0, 0.05) is 0 Å². The molecule has 1 amide bonds. The van der Waals surface area contributed by atoms with E-state index in [-0.39, 0.29) is 6.54 Å². The third-order valence-electron chi connectivity index (χ3n) is 1.64. The maximum absolute atomic E-state index is 10.6. The molecule has 0 saturated heterocycles. The van der Waals surface area contributed by atoms with Crippen LogP contribution < -0.4 is 15.8 Å². The van der Waals surface area contributed by atoms with Gasteiger partial charge in [-0.05, 0) is 19.1 Å². The van der Waals surface area contributed by atoms with Crippen LogP contribution in [0.2, 0.25) is 0 Å². The number of nitrogens with two attached hydrogens (primary N) is 1. The van der Waals surface area contributed by atoms with Gasteiger partial charge in [-0.1, -0.05) is 12.1 Å². The number of para-hydroxylation sites is 2. The molecule has 0 spiro atoms. The Morgan fingerprint density at radius 1 is 1.50 bits per heavy atom. The summed E-state index contributed by atoms with van der Waals surface area (Å²) in [6, 6.07) is 7.42. The number of carbonyl (C=O) groups is 1. The smallest absolute Gasteiger partial charge is 0.236 e. The molecular formula is C10H14N2O2. The number of primary amides is 1. The van der Waals surface area contributed by atoms with Gasteiger partial charge in [0.2, 0.25) is 5.91 Å². The van der Waals surface area contributed by atoms with Crippen molar-refractivity contribution in [3.05, 3.63) is 24.3 Å². The Kier molecular flexibility index (Phi) is 3.79. The van der Waals surface area contributed by atoms with Gasteiger partial charge in [0.05, 0.1) is 18.8 Å². The summed E-state index contributed by atoms with van der Waals surface area (Å²) in [5, 5.41) is 2.90. The van der Waals surface area contributed by atoms with Crippen molar-refractivity contribution in [3.8, 4) is 5.75 Å². The Bertz CT molecular complexity index is 313. The minimum absolute atomic E-state index is 0.115. The van der Waals surface area contributed by atoms with E-state index in [0.29, 0.717) is 6.61 Å². The number of hydrogen-bond acceptors (Lipinski definition) is 3. The molecule has 1 rings (SSSR count). The predicted octanol–water partition coefficient (Wildman–Crippen LogP) is 0.982. The van der Waals surface area contributed by atoms with E-state index < -0.39 is 5.91 Å². The molecule has 3 N–H and O–H groups in total. The molecule has 0 aromatic heterocycles. The van der Waals surface area contributed by atoms with Gasteiger partial charge in [0.25, 0.3) is 0 Å². The molecule has 0 radical (unpaired) electrons. The van der Waals surface area contributed by atoms with Gasteiger partial charge in [-0.2, -0.15) is 0 Å². The minimum atomic E-state index is -0.392. The number of amides is 1. The molecule has 4 heteroatoms. The Morgan fingerprint density at radius 2 is 2.21 bits per heavy atom. The Balaban J connectivity index is 2.68. The molecule has 4 nitrogen and oxygen atoms in total. The standard InChI is InChI=1S/C10H14N2O2/c1-2-14-9-6-4-3-5-8(9)12-7-10(11)13/h3-6,12H,2,7H2,1H3,(H2,11,13). The van der Waals surface area contributed by atoms with Gasteiger partial charge in [-0.25, -0.2) is 0 Å². The molecule has 0 aliphatic carbocycles. The summed E-state index contributed by atoms with van der Waals surface area (Å²) in [7, 11) is 0. The highest BCUT2D eigenvalue weighted by molar-refractivity contribution is 5.79. The third kappa shape index (κ3) is 2.97. The molecule has 0 bridgehead atoms. The van der Waals surface area contributed by atoms with Crippen molar-refractivity contribution in [1.29, 1.82) is 0 Å². The maximum Gasteiger partial charge on any atom is 0.236 e. The van der Waals surface area contributed by atoms with Gasteiger partial charge in [-0.15, -0.1) is 0 Å². The van der Waals surface area contributed by atoms with Crippen LogP contribution in [-0.2, 0) is 4.79 Å². The largest absolute Gasteiger partial charge is 0.492 e. The topological polar surface area (TPSA) is 64.3 Å². The molecule has 0 saturated carbocycles. The van der Waals surface area contributed by atoms with Crippen LogP contribution in [-0.4, -0.2) is 19.1 Å². The number of anilines is 1. The van der Waals surface area contributed by atoms with Crippen LogP contribution in [0.5, 0.6) is 5.75 Å². The van der Waals surface area contributed by atoms with Gasteiger partial charge in [0.1, 0.15) is 5.75 Å². The maximum atomic E-state index is 10.6. The SMILES string of the molecule is CCOc1ccccc1NCC(N)=O. The van der Waals surface area contributed by atoms with Crippen LogP contribution in [0.4, 0.5) is 5.69 Å². The summed E-state index contributed by atoms with van der Waals surface area (Å²) in [6.45, 7) is 2.62. The van der Waals surface area contributed by atoms with Crippen LogP contribution in [0.3, 0.4) is 0 Å². The molecule has 0 atom stereocenters. The summed E-state index contributed by atoms with van der Waals surface area (Å²) in [5.41, 5.74) is 5.81. The van der Waals surface area contributed by atoms with Gasteiger partial charge < -0.3 is 15.8 Å². The van der Waals surface area contributed by atoms with Crippen molar-refractivity contribution in [1.82, 2.24) is 0 Å². The molecule has 1 aromatic rings. The van der Waals surface area contributed by atoms with Gasteiger partial charge in [-0.3, -0.25) is 4.79 Å². The number of hydrogen-bond donors (Lipinski definition) is 2. The second kappa shape index (κ2) is 5.11. The number of nitrogens with one attached hydrogen (secondary N) is 1. The summed E-state index contributed by atoms with van der Waals surface area (Å²) in [5.74, 6) is 0.340. The van der Waals surface area contributed by atoms with Crippen molar-refractivity contribution < 1.29 is 9.53 Å². The number of benzene rings is 1. The van der Waals surface area contributed by atoms with Gasteiger partial charge in [0.15, 0.2) is 0 Å². The zero-order valence-corrected chi connectivity index (χ0v) is 8.12. The lowest BCUT2D eigenvalue weighted by Gasteiger charge is -2.10. The van der Waals surface area contributed by atoms with E-state index in [1.807, 2.05) is 31.2 Å². The third-order valence-corrected chi connectivity index (χ3v) is 1.64. The van der Waals surface area contributed by atoms with Crippen molar-refractivity contribution >= 4 is 11.6 Å². The highest BCUT2D eigenvalue weighted by Crippen LogP contribution is 2.22. The van der Waals surface area contributed by atoms with Crippen LogP contribution in [0.1, 0.15) is 6.92 Å². The molecule has 0 fully saturated rings. The van der Waals surface area contributed by atoms with E-state index in [9.17, 15) is 4.79 Å². The van der Waals surface area contributed by atoms with Crippen LogP contribution in [0, 0.1) is 0 Å². The molecule has 14 heavy (non-hydrogen) atoms. The lowest BCUT2D eigenvalue weighted by atomic mass is 10.3. The van der Waals surface area contributed by atoms with Crippen molar-refractivity contribution in [2.45, 2.75) is 6.92 Å². The average Bonchev–Trinajstić information content (AvgIpc) is 2.17. The van der Waals surface area contributed by atoms with E-state index in [4.69, 9.17) is 10.5 Å². The molecule has 1 aromatic carbocycles. The molecule has 0 aliphatic rings. The second-order valence-electron chi connectivity index (χ2n) is 2.75. The molecule has 0 heterocycles. The Morgan fingerprint density at radius 3 is 2.86 bits per heavy atom. The first-order valence-electron chi connectivity index (χ1n) is 4.48. The van der Waals surface area contributed by atoms with E-state index >= 15 is 0 Å². The first-order valence-corrected chi connectivity index (χ1v) is 4.48. The zero-order valence-electron chi connectivity index (χ0n) is 8.12. The van der Waals surface area contributed by atoms with Crippen LogP contribution >= 0.6 is 0 Å².